The summed E-state index contributed by atoms with van der Waals surface area (Å²) < 4.78 is 11.1. The summed E-state index contributed by atoms with van der Waals surface area (Å²) in [6.45, 7) is 4.82. The van der Waals surface area contributed by atoms with Crippen molar-refractivity contribution in [3.63, 3.8) is 0 Å². The second-order valence-electron chi connectivity index (χ2n) is 5.81. The van der Waals surface area contributed by atoms with Gasteiger partial charge in [-0.3, -0.25) is 9.69 Å². The molecule has 1 aliphatic rings. The molecule has 0 aromatic heterocycles. The molecule has 0 spiro atoms. The van der Waals surface area contributed by atoms with Gasteiger partial charge in [0.05, 0.1) is 19.4 Å². The fraction of sp³-hybridized carbons (Fsp3) is 0.500. The molecular formula is C16H21NO6. The quantitative estimate of drug-likeness (QED) is 0.850. The summed E-state index contributed by atoms with van der Waals surface area (Å²) in [7, 11) is 1.45. The first-order valence-corrected chi connectivity index (χ1v) is 7.36. The lowest BCUT2D eigenvalue weighted by atomic mass is 10.0. The van der Waals surface area contributed by atoms with Gasteiger partial charge < -0.3 is 19.7 Å². The Hall–Kier alpha value is -2.28. The molecule has 1 heterocycles. The smallest absolute Gasteiger partial charge is 0.326 e. The molecule has 1 amide bonds. The van der Waals surface area contributed by atoms with Gasteiger partial charge in [-0.1, -0.05) is 13.8 Å². The highest BCUT2D eigenvalue weighted by Crippen LogP contribution is 2.44. The topological polar surface area (TPSA) is 96.3 Å². The predicted octanol–water partition coefficient (Wildman–Crippen LogP) is 1.41. The van der Waals surface area contributed by atoms with E-state index in [-0.39, 0.29) is 12.5 Å². The second-order valence-corrected chi connectivity index (χ2v) is 5.81. The maximum absolute atomic E-state index is 12.7. The van der Waals surface area contributed by atoms with Crippen molar-refractivity contribution in [1.29, 1.82) is 0 Å². The van der Waals surface area contributed by atoms with Crippen molar-refractivity contribution in [3.8, 4) is 11.5 Å². The molecule has 7 nitrogen and oxygen atoms in total. The fourth-order valence-electron chi connectivity index (χ4n) is 2.55. The number of methoxy groups -OCH3 is 1. The second kappa shape index (κ2) is 6.45. The number of amides is 1. The van der Waals surface area contributed by atoms with Gasteiger partial charge in [0.25, 0.3) is 5.91 Å². The van der Waals surface area contributed by atoms with E-state index in [1.165, 1.54) is 18.9 Å². The van der Waals surface area contributed by atoms with Crippen molar-refractivity contribution >= 4 is 17.6 Å². The minimum absolute atomic E-state index is 0.138. The number of carbonyl (C=O) groups is 2. The zero-order valence-electron chi connectivity index (χ0n) is 13.6. The van der Waals surface area contributed by atoms with Gasteiger partial charge in [0.2, 0.25) is 0 Å². The van der Waals surface area contributed by atoms with Crippen LogP contribution in [-0.4, -0.2) is 41.3 Å². The highest BCUT2D eigenvalue weighted by Gasteiger charge is 2.42. The number of hydrogen-bond acceptors (Lipinski definition) is 5. The number of aliphatic hydroxyl groups excluding tert-OH is 1. The molecule has 1 aromatic carbocycles. The molecule has 0 aliphatic carbocycles. The maximum Gasteiger partial charge on any atom is 0.326 e. The van der Waals surface area contributed by atoms with Crippen molar-refractivity contribution in [1.82, 2.24) is 0 Å². The summed E-state index contributed by atoms with van der Waals surface area (Å²) in [4.78, 5) is 25.3. The minimum Gasteiger partial charge on any atom is -0.493 e. The molecule has 1 aromatic rings. The van der Waals surface area contributed by atoms with Gasteiger partial charge >= 0.3 is 5.97 Å². The number of hydrogen-bond donors (Lipinski definition) is 2. The Balaban J connectivity index is 2.67. The van der Waals surface area contributed by atoms with Gasteiger partial charge in [-0.2, -0.15) is 0 Å². The van der Waals surface area contributed by atoms with Crippen LogP contribution in [0.4, 0.5) is 5.69 Å². The van der Waals surface area contributed by atoms with Crippen LogP contribution in [0.15, 0.2) is 12.1 Å². The van der Waals surface area contributed by atoms with E-state index in [4.69, 9.17) is 9.47 Å². The van der Waals surface area contributed by atoms with Gasteiger partial charge in [0, 0.05) is 0 Å². The molecule has 7 heteroatoms. The number of nitrogens with zero attached hydrogens (tertiary/aromatic N) is 1. The number of anilines is 1. The van der Waals surface area contributed by atoms with Crippen molar-refractivity contribution < 1.29 is 29.3 Å². The molecule has 0 radical (unpaired) electrons. The number of rotatable bonds is 5. The van der Waals surface area contributed by atoms with E-state index < -0.39 is 24.0 Å². The van der Waals surface area contributed by atoms with Crippen LogP contribution in [0.1, 0.15) is 26.3 Å². The zero-order valence-corrected chi connectivity index (χ0v) is 13.6. The molecule has 1 aliphatic heterocycles. The summed E-state index contributed by atoms with van der Waals surface area (Å²) in [5.74, 6) is -1.01. The molecule has 0 saturated carbocycles. The average Bonchev–Trinajstić information content (AvgIpc) is 2.51. The van der Waals surface area contributed by atoms with Crippen molar-refractivity contribution in [2.24, 2.45) is 5.92 Å². The maximum atomic E-state index is 12.7. The van der Waals surface area contributed by atoms with Gasteiger partial charge in [-0.15, -0.1) is 0 Å². The summed E-state index contributed by atoms with van der Waals surface area (Å²) in [5, 5.41) is 18.7. The lowest BCUT2D eigenvalue weighted by molar-refractivity contribution is -0.141. The van der Waals surface area contributed by atoms with Crippen LogP contribution in [-0.2, 0) is 16.2 Å². The molecular weight excluding hydrogens is 302 g/mol. The molecule has 2 N–H and O–H groups in total. The molecule has 2 atom stereocenters. The third kappa shape index (κ3) is 2.96. The van der Waals surface area contributed by atoms with Crippen LogP contribution in [0.25, 0.3) is 0 Å². The number of carbonyl (C=O) groups excluding carboxylic acids is 1. The highest BCUT2D eigenvalue weighted by atomic mass is 16.5. The monoisotopic (exact) mass is 323 g/mol. The Bertz CT molecular complexity index is 627. The van der Waals surface area contributed by atoms with Gasteiger partial charge in [-0.05, 0) is 30.5 Å². The Morgan fingerprint density at radius 2 is 2.04 bits per heavy atom. The molecule has 0 bridgehead atoms. The van der Waals surface area contributed by atoms with E-state index in [2.05, 4.69) is 0 Å². The number of benzene rings is 1. The normalized spacial score (nSPS) is 18.4. The number of fused-ring (bicyclic) bond motifs is 1. The average molecular weight is 323 g/mol. The van der Waals surface area contributed by atoms with Crippen LogP contribution in [0.2, 0.25) is 0 Å². The molecule has 0 fully saturated rings. The predicted molar refractivity (Wildman–Crippen MR) is 82.8 cm³/mol. The first-order valence-electron chi connectivity index (χ1n) is 7.36. The van der Waals surface area contributed by atoms with E-state index in [0.717, 1.165) is 0 Å². The molecule has 126 valence electrons. The first kappa shape index (κ1) is 17.1. The highest BCUT2D eigenvalue weighted by molar-refractivity contribution is 6.05. The number of carboxylic acids is 1. The zero-order chi connectivity index (χ0) is 17.3. The van der Waals surface area contributed by atoms with Gasteiger partial charge in [0.15, 0.2) is 17.6 Å². The van der Waals surface area contributed by atoms with E-state index >= 15 is 0 Å². The summed E-state index contributed by atoms with van der Waals surface area (Å²) in [6.07, 6.45) is -0.793. The third-order valence-electron chi connectivity index (χ3n) is 3.83. The Kier molecular flexibility index (Phi) is 4.79. The number of ether oxygens (including phenoxy) is 2. The first-order chi connectivity index (χ1) is 10.8. The fourth-order valence-corrected chi connectivity index (χ4v) is 2.55. The van der Waals surface area contributed by atoms with Crippen LogP contribution < -0.4 is 14.4 Å². The van der Waals surface area contributed by atoms with Gasteiger partial charge in [-0.25, -0.2) is 4.79 Å². The van der Waals surface area contributed by atoms with Crippen LogP contribution in [0, 0.1) is 5.92 Å². The summed E-state index contributed by atoms with van der Waals surface area (Å²) >= 11 is 0. The molecule has 2 unspecified atom stereocenters. The Morgan fingerprint density at radius 1 is 1.39 bits per heavy atom. The number of carboxylic acid groups (broad SMARTS) is 1. The lowest BCUT2D eigenvalue weighted by Gasteiger charge is -2.38. The summed E-state index contributed by atoms with van der Waals surface area (Å²) in [6, 6.07) is 2.09. The Labute approximate surface area is 134 Å². The summed E-state index contributed by atoms with van der Waals surface area (Å²) in [5.41, 5.74) is 0.799. The van der Waals surface area contributed by atoms with Crippen molar-refractivity contribution in [3.05, 3.63) is 17.7 Å². The minimum atomic E-state index is -1.12. The van der Waals surface area contributed by atoms with E-state index in [1.807, 2.05) is 13.8 Å². The standard InChI is InChI=1S/C16H21NO6/c1-8(2)13-15(19)17(9(3)16(20)21)11-5-10(7-18)6-12(22-4)14(11)23-13/h5-6,8-9,13,18H,7H2,1-4H3,(H,20,21). The van der Waals surface area contributed by atoms with Crippen LogP contribution in [0.5, 0.6) is 11.5 Å². The van der Waals surface area contributed by atoms with E-state index in [9.17, 15) is 19.8 Å². The third-order valence-corrected chi connectivity index (χ3v) is 3.83. The van der Waals surface area contributed by atoms with E-state index in [0.29, 0.717) is 22.7 Å². The largest absolute Gasteiger partial charge is 0.493 e. The van der Waals surface area contributed by atoms with Gasteiger partial charge in [0.1, 0.15) is 6.04 Å². The van der Waals surface area contributed by atoms with Crippen molar-refractivity contribution in [2.75, 3.05) is 12.0 Å². The number of aliphatic hydroxyl groups is 1. The lowest BCUT2D eigenvalue weighted by Crippen LogP contribution is -2.54. The van der Waals surface area contributed by atoms with Crippen LogP contribution >= 0.6 is 0 Å². The number of aliphatic carboxylic acids is 1. The molecule has 23 heavy (non-hydrogen) atoms. The molecule has 0 saturated heterocycles. The van der Waals surface area contributed by atoms with Crippen LogP contribution in [0.3, 0.4) is 0 Å². The van der Waals surface area contributed by atoms with Crippen molar-refractivity contribution in [2.45, 2.75) is 39.5 Å². The Morgan fingerprint density at radius 3 is 2.52 bits per heavy atom. The SMILES string of the molecule is COc1cc(CO)cc2c1OC(C(C)C)C(=O)N2C(C)C(=O)O. The molecule has 2 rings (SSSR count). The van der Waals surface area contributed by atoms with E-state index in [1.54, 1.807) is 12.1 Å².